The van der Waals surface area contributed by atoms with Crippen LogP contribution in [0.4, 0.5) is 5.82 Å². The number of aryl methyl sites for hydroxylation is 3. The molecule has 8 nitrogen and oxygen atoms in total. The number of pyridine rings is 1. The fraction of sp³-hybridized carbons (Fsp3) is 0.522. The molecule has 0 unspecified atom stereocenters. The number of aromatic nitrogens is 3. The van der Waals surface area contributed by atoms with Gasteiger partial charge in [0.1, 0.15) is 11.6 Å². The summed E-state index contributed by atoms with van der Waals surface area (Å²) in [6.45, 7) is 3.06. The second kappa shape index (κ2) is 10.8. The molecular weight excluding hydrogens is 396 g/mol. The van der Waals surface area contributed by atoms with Gasteiger partial charge < -0.3 is 15.2 Å². The van der Waals surface area contributed by atoms with E-state index in [2.05, 4.69) is 28.3 Å². The van der Waals surface area contributed by atoms with E-state index in [9.17, 15) is 14.7 Å². The summed E-state index contributed by atoms with van der Waals surface area (Å²) in [5.41, 5.74) is 4.06. The number of ether oxygens (including phenoxy) is 1. The first-order valence-corrected chi connectivity index (χ1v) is 10.8. The van der Waals surface area contributed by atoms with Gasteiger partial charge in [-0.3, -0.25) is 9.59 Å². The topological polar surface area (TPSA) is 114 Å². The van der Waals surface area contributed by atoms with Crippen molar-refractivity contribution in [2.75, 3.05) is 19.0 Å². The fourth-order valence-electron chi connectivity index (χ4n) is 3.88. The van der Waals surface area contributed by atoms with Crippen molar-refractivity contribution in [3.63, 3.8) is 0 Å². The minimum Gasteiger partial charge on any atom is -0.481 e. The lowest BCUT2D eigenvalue weighted by molar-refractivity contribution is -0.139. The molecule has 1 atom stereocenters. The summed E-state index contributed by atoms with van der Waals surface area (Å²) in [7, 11) is 1.45. The number of hydrogen-bond acceptors (Lipinski definition) is 7. The molecule has 0 bridgehead atoms. The van der Waals surface area contributed by atoms with Gasteiger partial charge >= 0.3 is 12.0 Å². The monoisotopic (exact) mass is 426 g/mol. The molecule has 0 saturated carbocycles. The average molecular weight is 427 g/mol. The molecule has 2 aromatic heterocycles. The quantitative estimate of drug-likeness (QED) is 0.525. The van der Waals surface area contributed by atoms with Gasteiger partial charge in [-0.15, -0.1) is 0 Å². The molecule has 31 heavy (non-hydrogen) atoms. The molecule has 0 amide bonds. The van der Waals surface area contributed by atoms with Crippen molar-refractivity contribution < 1.29 is 19.4 Å². The zero-order valence-electron chi connectivity index (χ0n) is 18.2. The van der Waals surface area contributed by atoms with Crippen LogP contribution in [0.5, 0.6) is 6.01 Å². The molecule has 0 radical (unpaired) electrons. The zero-order valence-corrected chi connectivity index (χ0v) is 18.2. The summed E-state index contributed by atoms with van der Waals surface area (Å²) in [5, 5.41) is 12.9. The Morgan fingerprint density at radius 3 is 2.71 bits per heavy atom. The second-order valence-corrected chi connectivity index (χ2v) is 7.97. The smallest absolute Gasteiger partial charge is 0.316 e. The van der Waals surface area contributed by atoms with Gasteiger partial charge in [0, 0.05) is 43.0 Å². The Balaban J connectivity index is 1.44. The summed E-state index contributed by atoms with van der Waals surface area (Å²) >= 11 is 0. The van der Waals surface area contributed by atoms with E-state index in [1.54, 1.807) is 0 Å². The van der Waals surface area contributed by atoms with Gasteiger partial charge in [-0.05, 0) is 56.6 Å². The third-order valence-electron chi connectivity index (χ3n) is 5.67. The molecular formula is C23H30N4O4. The lowest BCUT2D eigenvalue weighted by atomic mass is 9.94. The molecule has 3 heterocycles. The van der Waals surface area contributed by atoms with Crippen LogP contribution in [0.25, 0.3) is 0 Å². The Bertz CT molecular complexity index is 915. The number of carboxylic acid groups (broad SMARTS) is 1. The third-order valence-corrected chi connectivity index (χ3v) is 5.67. The molecule has 8 heteroatoms. The fourth-order valence-corrected chi connectivity index (χ4v) is 3.88. The van der Waals surface area contributed by atoms with Gasteiger partial charge in [0.15, 0.2) is 0 Å². The van der Waals surface area contributed by atoms with E-state index in [-0.39, 0.29) is 24.6 Å². The van der Waals surface area contributed by atoms with E-state index in [1.165, 1.54) is 30.6 Å². The molecule has 0 fully saturated rings. The maximum Gasteiger partial charge on any atom is 0.316 e. The van der Waals surface area contributed by atoms with Crippen molar-refractivity contribution in [3.8, 4) is 6.01 Å². The van der Waals surface area contributed by atoms with Gasteiger partial charge in [-0.2, -0.15) is 0 Å². The van der Waals surface area contributed by atoms with Crippen LogP contribution in [0.1, 0.15) is 66.8 Å². The van der Waals surface area contributed by atoms with E-state index in [0.717, 1.165) is 50.2 Å². The number of Topliss-reactive ketones (excluding diaryl/α,β-unsaturated/α-hetero) is 1. The number of fused-ring (bicyclic) bond motifs is 1. The van der Waals surface area contributed by atoms with Crippen LogP contribution < -0.4 is 10.1 Å². The predicted octanol–water partition coefficient (Wildman–Crippen LogP) is 3.48. The van der Waals surface area contributed by atoms with Crippen LogP contribution in [0.2, 0.25) is 0 Å². The summed E-state index contributed by atoms with van der Waals surface area (Å²) < 4.78 is 4.90. The van der Waals surface area contributed by atoms with E-state index in [1.807, 2.05) is 0 Å². The van der Waals surface area contributed by atoms with Crippen LogP contribution >= 0.6 is 0 Å². The number of rotatable bonds is 11. The first kappa shape index (κ1) is 22.7. The van der Waals surface area contributed by atoms with Gasteiger partial charge in [0.05, 0.1) is 13.0 Å². The van der Waals surface area contributed by atoms with E-state index in [0.29, 0.717) is 12.0 Å². The maximum atomic E-state index is 12.3. The summed E-state index contributed by atoms with van der Waals surface area (Å²) in [5.74, 6) is -0.698. The van der Waals surface area contributed by atoms with Gasteiger partial charge in [0.25, 0.3) is 0 Å². The van der Waals surface area contributed by atoms with Gasteiger partial charge in [-0.1, -0.05) is 6.07 Å². The predicted molar refractivity (Wildman–Crippen MR) is 117 cm³/mol. The maximum absolute atomic E-state index is 12.3. The highest BCUT2D eigenvalue weighted by atomic mass is 16.5. The number of ketones is 1. The van der Waals surface area contributed by atoms with Gasteiger partial charge in [0.2, 0.25) is 0 Å². The Morgan fingerprint density at radius 1 is 1.23 bits per heavy atom. The number of carbonyl (C=O) groups excluding carboxylic acids is 1. The molecule has 0 aromatic carbocycles. The molecule has 1 aliphatic heterocycles. The summed E-state index contributed by atoms with van der Waals surface area (Å²) in [6.07, 6.45) is 8.51. The number of anilines is 1. The normalized spacial score (nSPS) is 13.7. The highest BCUT2D eigenvalue weighted by Crippen LogP contribution is 2.24. The minimum atomic E-state index is -0.982. The van der Waals surface area contributed by atoms with E-state index in [4.69, 9.17) is 9.72 Å². The lowest BCUT2D eigenvalue weighted by Gasteiger charge is -2.19. The van der Waals surface area contributed by atoms with Gasteiger partial charge in [-0.25, -0.2) is 15.0 Å². The van der Waals surface area contributed by atoms with Crippen molar-refractivity contribution in [2.45, 2.75) is 64.2 Å². The average Bonchev–Trinajstić information content (AvgIpc) is 2.77. The van der Waals surface area contributed by atoms with Crippen molar-refractivity contribution in [3.05, 3.63) is 40.8 Å². The van der Waals surface area contributed by atoms with E-state index < -0.39 is 11.9 Å². The van der Waals surface area contributed by atoms with Crippen molar-refractivity contribution in [2.24, 2.45) is 0 Å². The second-order valence-electron chi connectivity index (χ2n) is 7.97. The molecule has 2 aromatic rings. The largest absolute Gasteiger partial charge is 0.481 e. The molecule has 2 N–H and O–H groups in total. The molecule has 0 saturated heterocycles. The number of carbonyl (C=O) groups is 2. The van der Waals surface area contributed by atoms with E-state index >= 15 is 0 Å². The van der Waals surface area contributed by atoms with Crippen LogP contribution in [-0.2, 0) is 22.4 Å². The number of methoxy groups -OCH3 is 1. The Hall–Kier alpha value is -3.03. The van der Waals surface area contributed by atoms with Crippen LogP contribution in [0.3, 0.4) is 0 Å². The molecule has 0 spiro atoms. The van der Waals surface area contributed by atoms with Crippen LogP contribution in [0, 0.1) is 6.92 Å². The Labute approximate surface area is 182 Å². The van der Waals surface area contributed by atoms with Crippen molar-refractivity contribution in [1.82, 2.24) is 15.0 Å². The Kier molecular flexibility index (Phi) is 7.92. The van der Waals surface area contributed by atoms with Crippen molar-refractivity contribution in [1.29, 1.82) is 0 Å². The van der Waals surface area contributed by atoms with Crippen molar-refractivity contribution >= 4 is 17.6 Å². The third kappa shape index (κ3) is 6.23. The number of nitrogens with zero attached hydrogens (tertiary/aromatic N) is 3. The summed E-state index contributed by atoms with van der Waals surface area (Å²) in [6, 6.07) is 2.41. The highest BCUT2D eigenvalue weighted by molar-refractivity contribution is 5.80. The molecule has 166 valence electrons. The molecule has 0 aliphatic carbocycles. The first-order chi connectivity index (χ1) is 15.0. The van der Waals surface area contributed by atoms with Crippen LogP contribution in [0.15, 0.2) is 18.5 Å². The molecule has 1 aliphatic rings. The van der Waals surface area contributed by atoms with Crippen LogP contribution in [-0.4, -0.2) is 45.5 Å². The SMILES string of the molecule is COc1ncc([C@@H](CCC(=O)CCCCc2nc3c(cc2C)CCCN3)C(=O)O)cn1. The number of unbranched alkanes of at least 4 members (excludes halogenated alkanes) is 1. The Morgan fingerprint density at radius 2 is 2.00 bits per heavy atom. The number of hydrogen-bond donors (Lipinski definition) is 2. The summed E-state index contributed by atoms with van der Waals surface area (Å²) in [4.78, 5) is 36.6. The lowest BCUT2D eigenvalue weighted by Crippen LogP contribution is -2.15. The highest BCUT2D eigenvalue weighted by Gasteiger charge is 2.22. The zero-order chi connectivity index (χ0) is 22.2. The molecule has 3 rings (SSSR count). The number of aliphatic carboxylic acids is 1. The first-order valence-electron chi connectivity index (χ1n) is 10.8. The number of carboxylic acids is 1. The minimum absolute atomic E-state index is 0.0810. The standard InChI is InChI=1S/C23H30N4O4/c1-15-12-16-6-5-11-24-21(16)27-20(15)8-4-3-7-18(28)9-10-19(22(29)30)17-13-25-23(31-2)26-14-17/h12-14,19H,3-11H2,1-2H3,(H,24,27)(H,29,30)/t19-/m1/s1. The number of nitrogens with one attached hydrogen (secondary N) is 1.